The van der Waals surface area contributed by atoms with Crippen molar-refractivity contribution in [2.45, 2.75) is 26.4 Å². The second-order valence-electron chi connectivity index (χ2n) is 11.4. The van der Waals surface area contributed by atoms with Crippen molar-refractivity contribution in [3.05, 3.63) is 90.3 Å². The summed E-state index contributed by atoms with van der Waals surface area (Å²) in [6, 6.07) is 16.4. The van der Waals surface area contributed by atoms with Crippen molar-refractivity contribution in [2.24, 2.45) is 11.8 Å². The second-order valence-corrected chi connectivity index (χ2v) is 11.4. The van der Waals surface area contributed by atoms with Gasteiger partial charge in [-0.2, -0.15) is 0 Å². The van der Waals surface area contributed by atoms with Crippen LogP contribution in [0, 0.1) is 30.4 Å². The molecule has 2 unspecified atom stereocenters. The predicted molar refractivity (Wildman–Crippen MR) is 163 cm³/mol. The fourth-order valence-corrected chi connectivity index (χ4v) is 6.05. The zero-order valence-electron chi connectivity index (χ0n) is 23.9. The first kappa shape index (κ1) is 27.2. The zero-order chi connectivity index (χ0) is 29.7. The number of phenols is 1. The minimum Gasteiger partial charge on any atom is -0.508 e. The minimum atomic E-state index is -0.712. The van der Waals surface area contributed by atoms with Crippen molar-refractivity contribution in [1.29, 1.82) is 0 Å². The molecular formula is C34H31F2N5O2. The predicted octanol–water partition coefficient (Wildman–Crippen LogP) is 7.26. The fourth-order valence-electron chi connectivity index (χ4n) is 6.05. The number of hydrogen-bond acceptors (Lipinski definition) is 7. The molecule has 2 N–H and O–H groups in total. The molecule has 2 aliphatic rings. The molecule has 2 aromatic carbocycles. The number of aromatic nitrogens is 3. The number of pyridine rings is 3. The molecule has 0 spiro atoms. The smallest absolute Gasteiger partial charge is 0.137 e. The van der Waals surface area contributed by atoms with E-state index < -0.39 is 11.6 Å². The van der Waals surface area contributed by atoms with Crippen LogP contribution in [0.15, 0.2) is 73.1 Å². The lowest BCUT2D eigenvalue weighted by atomic mass is 10.0. The number of nitrogens with one attached hydrogen (secondary N) is 1. The minimum absolute atomic E-state index is 0.150. The van der Waals surface area contributed by atoms with E-state index in [1.165, 1.54) is 12.5 Å². The van der Waals surface area contributed by atoms with Crippen LogP contribution in [-0.4, -0.2) is 45.9 Å². The molecule has 3 atom stereocenters. The first-order chi connectivity index (χ1) is 20.9. The number of benzene rings is 2. The molecule has 43 heavy (non-hydrogen) atoms. The first-order valence-electron chi connectivity index (χ1n) is 14.5. The lowest BCUT2D eigenvalue weighted by Crippen LogP contribution is -2.44. The summed E-state index contributed by atoms with van der Waals surface area (Å²) >= 11 is 0. The second kappa shape index (κ2) is 10.9. The normalized spacial score (nSPS) is 19.9. The van der Waals surface area contributed by atoms with Crippen LogP contribution in [0.5, 0.6) is 5.75 Å². The Hall–Kier alpha value is -4.63. The zero-order valence-corrected chi connectivity index (χ0v) is 23.9. The van der Waals surface area contributed by atoms with Crippen molar-refractivity contribution in [3.8, 4) is 28.3 Å². The Morgan fingerprint density at radius 1 is 1.05 bits per heavy atom. The van der Waals surface area contributed by atoms with E-state index in [-0.39, 0.29) is 22.8 Å². The van der Waals surface area contributed by atoms with Crippen molar-refractivity contribution in [1.82, 2.24) is 15.0 Å². The Balaban J connectivity index is 1.38. The number of hydrogen-bond donors (Lipinski definition) is 2. The van der Waals surface area contributed by atoms with Gasteiger partial charge in [0.05, 0.1) is 46.4 Å². The number of nitrogens with zero attached hydrogens (tertiary/aromatic N) is 4. The molecule has 3 aromatic heterocycles. The van der Waals surface area contributed by atoms with Gasteiger partial charge in [0.25, 0.3) is 0 Å². The molecule has 1 aliphatic carbocycles. The molecule has 4 heterocycles. The highest BCUT2D eigenvalue weighted by Gasteiger charge is 2.42. The monoisotopic (exact) mass is 579 g/mol. The summed E-state index contributed by atoms with van der Waals surface area (Å²) in [6.07, 6.45) is 4.80. The molecule has 1 saturated carbocycles. The average Bonchev–Trinajstić information content (AvgIpc) is 3.75. The van der Waals surface area contributed by atoms with Crippen molar-refractivity contribution in [2.75, 3.05) is 29.9 Å². The van der Waals surface area contributed by atoms with Gasteiger partial charge in [-0.05, 0) is 55.0 Å². The summed E-state index contributed by atoms with van der Waals surface area (Å²) in [5.41, 5.74) is 4.70. The first-order valence-corrected chi connectivity index (χ1v) is 14.5. The van der Waals surface area contributed by atoms with E-state index in [1.54, 1.807) is 30.6 Å². The lowest BCUT2D eigenvalue weighted by Gasteiger charge is -2.34. The van der Waals surface area contributed by atoms with Crippen LogP contribution in [0.25, 0.3) is 33.4 Å². The van der Waals surface area contributed by atoms with E-state index in [1.807, 2.05) is 37.3 Å². The third-order valence-corrected chi connectivity index (χ3v) is 8.55. The van der Waals surface area contributed by atoms with Gasteiger partial charge in [0.2, 0.25) is 0 Å². The van der Waals surface area contributed by atoms with Gasteiger partial charge in [-0.15, -0.1) is 0 Å². The maximum absolute atomic E-state index is 15.5. The SMILES string of the molecule is Cc1c(-c2ccccn2)nc2cc(F)cc(F)c2c1Nc1cc(N2CCOC([C@H]3CC3C)C2)ncc1-c1ccc(O)cc1. The third kappa shape index (κ3) is 5.25. The van der Waals surface area contributed by atoms with Gasteiger partial charge in [0.1, 0.15) is 23.2 Å². The summed E-state index contributed by atoms with van der Waals surface area (Å²) in [4.78, 5) is 16.2. The average molecular weight is 580 g/mol. The van der Waals surface area contributed by atoms with Crippen LogP contribution in [0.3, 0.4) is 0 Å². The Bertz CT molecular complexity index is 1820. The Kier molecular flexibility index (Phi) is 6.89. The van der Waals surface area contributed by atoms with Gasteiger partial charge in [0.15, 0.2) is 0 Å². The topological polar surface area (TPSA) is 83.4 Å². The number of morpholine rings is 1. The van der Waals surface area contributed by atoms with Crippen LogP contribution in [0.2, 0.25) is 0 Å². The van der Waals surface area contributed by atoms with Gasteiger partial charge in [-0.25, -0.2) is 18.7 Å². The Morgan fingerprint density at radius 3 is 2.60 bits per heavy atom. The van der Waals surface area contributed by atoms with E-state index in [9.17, 15) is 9.50 Å². The number of phenolic OH excluding ortho intramolecular Hbond substituents is 1. The summed E-state index contributed by atoms with van der Waals surface area (Å²) in [7, 11) is 0. The van der Waals surface area contributed by atoms with Crippen molar-refractivity contribution >= 4 is 28.1 Å². The molecule has 5 aromatic rings. The van der Waals surface area contributed by atoms with E-state index in [0.29, 0.717) is 53.3 Å². The van der Waals surface area contributed by atoms with Crippen LogP contribution in [-0.2, 0) is 4.74 Å². The maximum Gasteiger partial charge on any atom is 0.137 e. The fraction of sp³-hybridized carbons (Fsp3) is 0.265. The maximum atomic E-state index is 15.5. The van der Waals surface area contributed by atoms with Crippen LogP contribution in [0.4, 0.5) is 26.0 Å². The van der Waals surface area contributed by atoms with E-state index in [0.717, 1.165) is 29.6 Å². The molecule has 1 saturated heterocycles. The molecule has 0 amide bonds. The standard InChI is InChI=1S/C34H31F2N5O2/c1-19-13-24(19)30-18-41(11-12-43-30)31-16-28(25(17-38-31)21-6-8-23(42)9-7-21)39-34-20(2)33(27-5-3-4-10-37-27)40-29-15-22(35)14-26(36)32(29)34/h3-10,14-17,19,24,30,42H,11-13,18H2,1-2H3,(H,38,39,40)/t19?,24-,30?/m0/s1. The number of fused-ring (bicyclic) bond motifs is 1. The summed E-state index contributed by atoms with van der Waals surface area (Å²) in [5.74, 6) is 0.743. The van der Waals surface area contributed by atoms with Crippen molar-refractivity contribution in [3.63, 3.8) is 0 Å². The Morgan fingerprint density at radius 2 is 1.86 bits per heavy atom. The van der Waals surface area contributed by atoms with E-state index in [4.69, 9.17) is 9.72 Å². The van der Waals surface area contributed by atoms with E-state index >= 15 is 4.39 Å². The molecule has 0 bridgehead atoms. The third-order valence-electron chi connectivity index (χ3n) is 8.55. The highest BCUT2D eigenvalue weighted by molar-refractivity contribution is 5.99. The van der Waals surface area contributed by atoms with Crippen molar-refractivity contribution < 1.29 is 18.6 Å². The lowest BCUT2D eigenvalue weighted by molar-refractivity contribution is 0.0232. The van der Waals surface area contributed by atoms with Gasteiger partial charge in [0, 0.05) is 54.8 Å². The molecule has 9 heteroatoms. The number of anilines is 3. The van der Waals surface area contributed by atoms with Crippen LogP contribution < -0.4 is 10.2 Å². The van der Waals surface area contributed by atoms with Crippen LogP contribution in [0.1, 0.15) is 18.9 Å². The Labute approximate surface area is 248 Å². The molecule has 7 nitrogen and oxygen atoms in total. The molecule has 1 aliphatic heterocycles. The van der Waals surface area contributed by atoms with Gasteiger partial charge in [-0.1, -0.05) is 25.1 Å². The number of aromatic hydroxyl groups is 1. The van der Waals surface area contributed by atoms with E-state index in [2.05, 4.69) is 27.1 Å². The van der Waals surface area contributed by atoms with Gasteiger partial charge < -0.3 is 20.1 Å². The molecular weight excluding hydrogens is 548 g/mol. The number of ether oxygens (including phenoxy) is 1. The summed E-state index contributed by atoms with van der Waals surface area (Å²) < 4.78 is 36.0. The molecule has 0 radical (unpaired) electrons. The highest BCUT2D eigenvalue weighted by Crippen LogP contribution is 2.44. The summed E-state index contributed by atoms with van der Waals surface area (Å²) in [5, 5.41) is 13.6. The number of halogens is 2. The molecule has 218 valence electrons. The molecule has 7 rings (SSSR count). The van der Waals surface area contributed by atoms with Gasteiger partial charge in [-0.3, -0.25) is 4.98 Å². The number of rotatable bonds is 6. The van der Waals surface area contributed by atoms with Crippen LogP contribution >= 0.6 is 0 Å². The largest absolute Gasteiger partial charge is 0.508 e. The molecule has 2 fully saturated rings. The highest BCUT2D eigenvalue weighted by atomic mass is 19.1. The summed E-state index contributed by atoms with van der Waals surface area (Å²) in [6.45, 7) is 6.18. The van der Waals surface area contributed by atoms with Gasteiger partial charge >= 0.3 is 0 Å². The quantitative estimate of drug-likeness (QED) is 0.219.